The van der Waals surface area contributed by atoms with Crippen LogP contribution in [0.15, 0.2) is 18.2 Å². The molecule has 4 rings (SSSR count). The first-order chi connectivity index (χ1) is 13.0. The fourth-order valence-corrected chi connectivity index (χ4v) is 6.92. The summed E-state index contributed by atoms with van der Waals surface area (Å²) in [4.78, 5) is 0. The Morgan fingerprint density at radius 3 is 2.46 bits per heavy atom. The lowest BCUT2D eigenvalue weighted by Crippen LogP contribution is -2.45. The Morgan fingerprint density at radius 1 is 1.04 bits per heavy atom. The molecule has 0 spiro atoms. The van der Waals surface area contributed by atoms with E-state index in [0.29, 0.717) is 12.3 Å². The van der Waals surface area contributed by atoms with E-state index in [1.807, 2.05) is 13.0 Å². The average molecular weight is 431 g/mol. The van der Waals surface area contributed by atoms with Gasteiger partial charge in [-0.05, 0) is 85.0 Å². The molecular formula is C18H22O8S2-2. The second-order valence-electron chi connectivity index (χ2n) is 8.38. The first kappa shape index (κ1) is 20.1. The summed E-state index contributed by atoms with van der Waals surface area (Å²) < 4.78 is 75.2. The zero-order valence-electron chi connectivity index (χ0n) is 15.4. The van der Waals surface area contributed by atoms with Crippen LogP contribution in [0, 0.1) is 17.3 Å². The van der Waals surface area contributed by atoms with Gasteiger partial charge in [0.05, 0.1) is 6.10 Å². The highest BCUT2D eigenvalue weighted by atomic mass is 32.3. The van der Waals surface area contributed by atoms with E-state index < -0.39 is 26.9 Å². The van der Waals surface area contributed by atoms with E-state index in [1.165, 1.54) is 6.07 Å². The molecular weight excluding hydrogens is 408 g/mol. The van der Waals surface area contributed by atoms with Gasteiger partial charge in [-0.25, -0.2) is 16.8 Å². The lowest BCUT2D eigenvalue weighted by molar-refractivity contribution is -0.0126. The van der Waals surface area contributed by atoms with Gasteiger partial charge in [0.1, 0.15) is 5.75 Å². The molecule has 0 aliphatic heterocycles. The molecule has 0 N–H and O–H groups in total. The molecule has 1 aromatic carbocycles. The van der Waals surface area contributed by atoms with E-state index in [9.17, 15) is 25.9 Å². The molecule has 5 unspecified atom stereocenters. The molecule has 0 saturated heterocycles. The van der Waals surface area contributed by atoms with Crippen LogP contribution in [0.5, 0.6) is 5.75 Å². The van der Waals surface area contributed by atoms with Crippen LogP contribution >= 0.6 is 0 Å². The fourth-order valence-electron chi connectivity index (χ4n) is 5.98. The standard InChI is InChI=1S/C18H24O8S2/c1-18-9-8-14-13-5-3-12(25-27(19,20)21)10-11(13)2-4-15(14)16(18)6-7-17(18)26-28(22,23)24/h3,5,10,14-17H,2,4,6-9H2,1H3,(H,19,20,21)(H,22,23,24)/p-2. The molecule has 2 fully saturated rings. The summed E-state index contributed by atoms with van der Waals surface area (Å²) in [6.45, 7) is 2.03. The lowest BCUT2D eigenvalue weighted by Gasteiger charge is -2.50. The second-order valence-corrected chi connectivity index (χ2v) is 10.4. The zero-order valence-corrected chi connectivity index (χ0v) is 17.0. The van der Waals surface area contributed by atoms with Gasteiger partial charge in [0.2, 0.25) is 10.4 Å². The molecule has 0 radical (unpaired) electrons. The highest BCUT2D eigenvalue weighted by Crippen LogP contribution is 2.61. The SMILES string of the molecule is CC12CCC3c4ccc(OS(=O)(=O)[O-])cc4CCC3C1CCC2OS(=O)(=O)[O-]. The van der Waals surface area contributed by atoms with Crippen LogP contribution in [0.25, 0.3) is 0 Å². The molecule has 0 heterocycles. The van der Waals surface area contributed by atoms with Gasteiger partial charge in [-0.15, -0.1) is 0 Å². The number of hydrogen-bond donors (Lipinski definition) is 0. The van der Waals surface area contributed by atoms with Gasteiger partial charge in [-0.1, -0.05) is 13.0 Å². The molecule has 2 saturated carbocycles. The van der Waals surface area contributed by atoms with Crippen molar-refractivity contribution in [1.29, 1.82) is 0 Å². The molecule has 10 heteroatoms. The maximum absolute atomic E-state index is 11.1. The predicted molar refractivity (Wildman–Crippen MR) is 96.0 cm³/mol. The number of benzene rings is 1. The maximum Gasteiger partial charge on any atom is 0.262 e. The Kier molecular flexibility index (Phi) is 4.78. The molecule has 0 aromatic heterocycles. The van der Waals surface area contributed by atoms with Crippen molar-refractivity contribution >= 4 is 20.8 Å². The van der Waals surface area contributed by atoms with Gasteiger partial charge in [-0.3, -0.25) is 4.18 Å². The third-order valence-corrected chi connectivity index (χ3v) is 7.91. The minimum Gasteiger partial charge on any atom is -0.726 e. The van der Waals surface area contributed by atoms with Crippen LogP contribution < -0.4 is 4.18 Å². The Hall–Kier alpha value is -1.20. The lowest BCUT2D eigenvalue weighted by atomic mass is 9.55. The Balaban J connectivity index is 1.59. The minimum atomic E-state index is -4.81. The van der Waals surface area contributed by atoms with Crippen molar-refractivity contribution in [3.8, 4) is 5.75 Å². The second kappa shape index (κ2) is 6.66. The summed E-state index contributed by atoms with van der Waals surface area (Å²) in [5, 5.41) is 0. The number of hydrogen-bond acceptors (Lipinski definition) is 8. The maximum atomic E-state index is 11.1. The highest BCUT2D eigenvalue weighted by Gasteiger charge is 2.55. The van der Waals surface area contributed by atoms with Gasteiger partial charge in [0.15, 0.2) is 0 Å². The van der Waals surface area contributed by atoms with Crippen LogP contribution in [0.4, 0.5) is 0 Å². The van der Waals surface area contributed by atoms with E-state index in [4.69, 9.17) is 4.18 Å². The van der Waals surface area contributed by atoms with Crippen molar-refractivity contribution in [2.45, 2.75) is 57.5 Å². The third kappa shape index (κ3) is 3.68. The summed E-state index contributed by atoms with van der Waals surface area (Å²) in [6, 6.07) is 4.97. The molecule has 0 amide bonds. The summed E-state index contributed by atoms with van der Waals surface area (Å²) in [5.41, 5.74) is 1.78. The normalized spacial score (nSPS) is 35.0. The number of aryl methyl sites for hydroxylation is 1. The summed E-state index contributed by atoms with van der Waals surface area (Å²) in [7, 11) is -9.54. The first-order valence-corrected chi connectivity index (χ1v) is 12.1. The predicted octanol–water partition coefficient (Wildman–Crippen LogP) is 2.23. The van der Waals surface area contributed by atoms with Crippen molar-refractivity contribution in [2.75, 3.05) is 0 Å². The van der Waals surface area contributed by atoms with Crippen LogP contribution in [-0.4, -0.2) is 32.0 Å². The summed E-state index contributed by atoms with van der Waals surface area (Å²) in [5.74, 6) is 0.929. The Morgan fingerprint density at radius 2 is 1.79 bits per heavy atom. The van der Waals surface area contributed by atoms with Crippen molar-refractivity contribution in [3.63, 3.8) is 0 Å². The highest BCUT2D eigenvalue weighted by molar-refractivity contribution is 7.81. The van der Waals surface area contributed by atoms with Gasteiger partial charge >= 0.3 is 0 Å². The van der Waals surface area contributed by atoms with E-state index in [1.54, 1.807) is 6.07 Å². The molecule has 3 aliphatic carbocycles. The fraction of sp³-hybridized carbons (Fsp3) is 0.667. The van der Waals surface area contributed by atoms with Crippen molar-refractivity contribution in [2.24, 2.45) is 17.3 Å². The van der Waals surface area contributed by atoms with Gasteiger partial charge in [0.25, 0.3) is 10.4 Å². The smallest absolute Gasteiger partial charge is 0.262 e. The van der Waals surface area contributed by atoms with Gasteiger partial charge in [0, 0.05) is 0 Å². The van der Waals surface area contributed by atoms with Crippen molar-refractivity contribution < 1.29 is 34.3 Å². The van der Waals surface area contributed by atoms with Crippen LogP contribution in [-0.2, 0) is 31.4 Å². The molecule has 8 nitrogen and oxygen atoms in total. The zero-order chi connectivity index (χ0) is 20.3. The van der Waals surface area contributed by atoms with E-state index in [2.05, 4.69) is 4.18 Å². The number of rotatable bonds is 4. The molecule has 5 atom stereocenters. The number of fused-ring (bicyclic) bond motifs is 5. The third-order valence-electron chi connectivity index (χ3n) is 7.04. The molecule has 0 bridgehead atoms. The van der Waals surface area contributed by atoms with E-state index in [0.717, 1.165) is 43.2 Å². The average Bonchev–Trinajstić information content (AvgIpc) is 2.88. The Bertz CT molecular complexity index is 987. The molecule has 3 aliphatic rings. The van der Waals surface area contributed by atoms with Crippen LogP contribution in [0.1, 0.15) is 56.1 Å². The largest absolute Gasteiger partial charge is 0.726 e. The Labute approximate surface area is 165 Å². The van der Waals surface area contributed by atoms with E-state index >= 15 is 0 Å². The first-order valence-electron chi connectivity index (χ1n) is 9.38. The summed E-state index contributed by atoms with van der Waals surface area (Å²) >= 11 is 0. The van der Waals surface area contributed by atoms with Gasteiger partial charge < -0.3 is 13.3 Å². The molecule has 1 aromatic rings. The van der Waals surface area contributed by atoms with Gasteiger partial charge in [-0.2, -0.15) is 0 Å². The van der Waals surface area contributed by atoms with E-state index in [-0.39, 0.29) is 23.0 Å². The monoisotopic (exact) mass is 430 g/mol. The van der Waals surface area contributed by atoms with Crippen LogP contribution in [0.3, 0.4) is 0 Å². The van der Waals surface area contributed by atoms with Crippen molar-refractivity contribution in [1.82, 2.24) is 0 Å². The summed E-state index contributed by atoms with van der Waals surface area (Å²) in [6.07, 6.45) is 4.01. The van der Waals surface area contributed by atoms with Crippen LogP contribution in [0.2, 0.25) is 0 Å². The quantitative estimate of drug-likeness (QED) is 0.524. The topological polar surface area (TPSA) is 133 Å². The molecule has 156 valence electrons. The van der Waals surface area contributed by atoms with Crippen molar-refractivity contribution in [3.05, 3.63) is 29.3 Å². The molecule has 28 heavy (non-hydrogen) atoms. The minimum absolute atomic E-state index is 0.0304.